The van der Waals surface area contributed by atoms with Crippen molar-refractivity contribution < 1.29 is 14.3 Å². The minimum atomic E-state index is -0.346. The maximum atomic E-state index is 11.7. The first-order chi connectivity index (χ1) is 10.5. The summed E-state index contributed by atoms with van der Waals surface area (Å²) in [5.41, 5.74) is 7.41. The zero-order valence-electron chi connectivity index (χ0n) is 13.1. The van der Waals surface area contributed by atoms with E-state index >= 15 is 0 Å². The van der Waals surface area contributed by atoms with Crippen molar-refractivity contribution >= 4 is 23.3 Å². The monoisotopic (exact) mass is 304 g/mol. The third-order valence-electron chi connectivity index (χ3n) is 3.05. The molecule has 0 spiro atoms. The molecule has 5 nitrogen and oxygen atoms in total. The fourth-order valence-electron chi connectivity index (χ4n) is 1.87. The zero-order chi connectivity index (χ0) is 16.4. The molecule has 0 bridgehead atoms. The molecule has 1 rings (SSSR count). The Morgan fingerprint density at radius 2 is 1.95 bits per heavy atom. The molecule has 1 amide bonds. The topological polar surface area (TPSA) is 81.4 Å². The maximum Gasteiger partial charge on any atom is 0.333 e. The Morgan fingerprint density at radius 3 is 2.64 bits per heavy atom. The van der Waals surface area contributed by atoms with Crippen LogP contribution in [0.15, 0.2) is 36.4 Å². The number of ether oxygens (including phenoxy) is 1. The van der Waals surface area contributed by atoms with Gasteiger partial charge in [-0.25, -0.2) is 4.79 Å². The predicted octanol–water partition coefficient (Wildman–Crippen LogP) is 3.28. The zero-order valence-corrected chi connectivity index (χ0v) is 13.1. The van der Waals surface area contributed by atoms with Crippen molar-refractivity contribution in [1.82, 2.24) is 0 Å². The number of hydrogen-bond acceptors (Lipinski definition) is 4. The molecule has 0 heterocycles. The highest BCUT2D eigenvalue weighted by Crippen LogP contribution is 2.13. The molecule has 1 aromatic carbocycles. The minimum absolute atomic E-state index is 0.0145. The van der Waals surface area contributed by atoms with Crippen LogP contribution >= 0.6 is 0 Å². The van der Waals surface area contributed by atoms with Gasteiger partial charge < -0.3 is 15.8 Å². The van der Waals surface area contributed by atoms with E-state index in [1.165, 1.54) is 0 Å². The molecule has 120 valence electrons. The van der Waals surface area contributed by atoms with Gasteiger partial charge in [-0.05, 0) is 38.0 Å². The van der Waals surface area contributed by atoms with Gasteiger partial charge in [0.1, 0.15) is 0 Å². The van der Waals surface area contributed by atoms with E-state index in [1.54, 1.807) is 25.1 Å². The van der Waals surface area contributed by atoms with Crippen molar-refractivity contribution in [3.05, 3.63) is 36.4 Å². The van der Waals surface area contributed by atoms with Gasteiger partial charge in [0.25, 0.3) is 0 Å². The highest BCUT2D eigenvalue weighted by molar-refractivity contribution is 5.91. The highest BCUT2D eigenvalue weighted by Gasteiger charge is 2.04. The van der Waals surface area contributed by atoms with Crippen LogP contribution in [-0.4, -0.2) is 18.5 Å². The first-order valence-corrected chi connectivity index (χ1v) is 7.47. The summed E-state index contributed by atoms with van der Waals surface area (Å²) in [5, 5.41) is 2.81. The number of nitrogens with two attached hydrogens (primary N) is 1. The van der Waals surface area contributed by atoms with Crippen molar-refractivity contribution in [2.75, 3.05) is 17.7 Å². The summed E-state index contributed by atoms with van der Waals surface area (Å²) < 4.78 is 4.99. The van der Waals surface area contributed by atoms with Crippen molar-refractivity contribution in [2.24, 2.45) is 0 Å². The van der Waals surface area contributed by atoms with Crippen LogP contribution in [0.3, 0.4) is 0 Å². The van der Waals surface area contributed by atoms with Crippen LogP contribution in [0.25, 0.3) is 0 Å². The van der Waals surface area contributed by atoms with Gasteiger partial charge in [-0.2, -0.15) is 0 Å². The summed E-state index contributed by atoms with van der Waals surface area (Å²) >= 11 is 0. The van der Waals surface area contributed by atoms with E-state index in [-0.39, 0.29) is 11.9 Å². The molecule has 0 unspecified atom stereocenters. The lowest BCUT2D eigenvalue weighted by molar-refractivity contribution is -0.139. The number of anilines is 2. The summed E-state index contributed by atoms with van der Waals surface area (Å²) in [4.78, 5) is 22.9. The normalized spacial score (nSPS) is 10.0. The molecule has 0 aliphatic carbocycles. The average molecular weight is 304 g/mol. The summed E-state index contributed by atoms with van der Waals surface area (Å²) in [5.74, 6) is -0.360. The summed E-state index contributed by atoms with van der Waals surface area (Å²) in [6.07, 6.45) is 3.93. The molecule has 22 heavy (non-hydrogen) atoms. The first kappa shape index (κ1) is 17.8. The number of nitrogens with one attached hydrogen (secondary N) is 1. The number of hydrogen-bond donors (Lipinski definition) is 2. The number of amides is 1. The molecular formula is C17H24N2O3. The van der Waals surface area contributed by atoms with E-state index in [0.29, 0.717) is 24.3 Å². The third kappa shape index (κ3) is 7.47. The van der Waals surface area contributed by atoms with Gasteiger partial charge in [-0.3, -0.25) is 4.79 Å². The molecular weight excluding hydrogens is 280 g/mol. The molecule has 1 aromatic rings. The molecule has 0 aromatic heterocycles. The Kier molecular flexibility index (Phi) is 7.75. The van der Waals surface area contributed by atoms with Crippen LogP contribution in [0.5, 0.6) is 0 Å². The standard InChI is InChI=1S/C17H24N2O3/c1-13(2)17(21)22-11-6-4-3-5-10-16(20)19-15-9-7-8-14(18)12-15/h7-9,12H,1,3-6,10-11,18H2,2H3,(H,19,20). The molecule has 0 radical (unpaired) electrons. The number of rotatable bonds is 9. The van der Waals surface area contributed by atoms with Crippen molar-refractivity contribution in [3.63, 3.8) is 0 Å². The van der Waals surface area contributed by atoms with Crippen LogP contribution < -0.4 is 11.1 Å². The minimum Gasteiger partial charge on any atom is -0.462 e. The number of carbonyl (C=O) groups is 2. The van der Waals surface area contributed by atoms with Crippen LogP contribution in [-0.2, 0) is 14.3 Å². The molecule has 0 atom stereocenters. The molecule has 0 aliphatic rings. The van der Waals surface area contributed by atoms with E-state index in [2.05, 4.69) is 11.9 Å². The Hall–Kier alpha value is -2.30. The van der Waals surface area contributed by atoms with Crippen LogP contribution in [0.2, 0.25) is 0 Å². The summed E-state index contributed by atoms with van der Waals surface area (Å²) in [6.45, 7) is 5.55. The van der Waals surface area contributed by atoms with Gasteiger partial charge in [0, 0.05) is 23.4 Å². The van der Waals surface area contributed by atoms with E-state index < -0.39 is 0 Å². The van der Waals surface area contributed by atoms with Crippen molar-refractivity contribution in [2.45, 2.75) is 39.0 Å². The first-order valence-electron chi connectivity index (χ1n) is 7.47. The number of esters is 1. The fourth-order valence-corrected chi connectivity index (χ4v) is 1.87. The Bertz CT molecular complexity index is 526. The number of carbonyl (C=O) groups excluding carboxylic acids is 2. The molecule has 5 heteroatoms. The summed E-state index contributed by atoms with van der Waals surface area (Å²) in [6, 6.07) is 7.12. The Balaban J connectivity index is 2.06. The molecule has 0 aliphatic heterocycles. The van der Waals surface area contributed by atoms with Gasteiger partial charge in [0.2, 0.25) is 5.91 Å². The van der Waals surface area contributed by atoms with E-state index in [9.17, 15) is 9.59 Å². The van der Waals surface area contributed by atoms with Crippen molar-refractivity contribution in [1.29, 1.82) is 0 Å². The third-order valence-corrected chi connectivity index (χ3v) is 3.05. The fraction of sp³-hybridized carbons (Fsp3) is 0.412. The van der Waals surface area contributed by atoms with E-state index in [1.807, 2.05) is 6.07 Å². The second kappa shape index (κ2) is 9.60. The number of unbranched alkanes of at least 4 members (excludes halogenated alkanes) is 3. The quantitative estimate of drug-likeness (QED) is 0.317. The molecule has 0 saturated heterocycles. The van der Waals surface area contributed by atoms with Gasteiger partial charge in [-0.1, -0.05) is 25.5 Å². The average Bonchev–Trinajstić information content (AvgIpc) is 2.45. The maximum absolute atomic E-state index is 11.7. The van der Waals surface area contributed by atoms with Gasteiger partial charge in [0.15, 0.2) is 0 Å². The Labute approximate surface area is 131 Å². The molecule has 3 N–H and O–H groups in total. The smallest absolute Gasteiger partial charge is 0.333 e. The van der Waals surface area contributed by atoms with E-state index in [0.717, 1.165) is 31.4 Å². The lowest BCUT2D eigenvalue weighted by Gasteiger charge is -2.06. The largest absolute Gasteiger partial charge is 0.462 e. The lowest BCUT2D eigenvalue weighted by atomic mass is 10.1. The number of benzene rings is 1. The number of nitrogen functional groups attached to an aromatic ring is 1. The van der Waals surface area contributed by atoms with Gasteiger partial charge in [0.05, 0.1) is 6.61 Å². The second-order valence-electron chi connectivity index (χ2n) is 5.25. The molecule has 0 saturated carbocycles. The highest BCUT2D eigenvalue weighted by atomic mass is 16.5. The van der Waals surface area contributed by atoms with Crippen LogP contribution in [0.1, 0.15) is 39.0 Å². The van der Waals surface area contributed by atoms with E-state index in [4.69, 9.17) is 10.5 Å². The van der Waals surface area contributed by atoms with Crippen LogP contribution in [0, 0.1) is 0 Å². The second-order valence-corrected chi connectivity index (χ2v) is 5.25. The SMILES string of the molecule is C=C(C)C(=O)OCCCCCCC(=O)Nc1cccc(N)c1. The van der Waals surface area contributed by atoms with Crippen LogP contribution in [0.4, 0.5) is 11.4 Å². The van der Waals surface area contributed by atoms with Gasteiger partial charge >= 0.3 is 5.97 Å². The lowest BCUT2D eigenvalue weighted by Crippen LogP contribution is -2.11. The Morgan fingerprint density at radius 1 is 1.23 bits per heavy atom. The predicted molar refractivity (Wildman–Crippen MR) is 88.3 cm³/mol. The van der Waals surface area contributed by atoms with Gasteiger partial charge in [-0.15, -0.1) is 0 Å². The molecule has 0 fully saturated rings. The van der Waals surface area contributed by atoms with Crippen molar-refractivity contribution in [3.8, 4) is 0 Å². The summed E-state index contributed by atoms with van der Waals surface area (Å²) in [7, 11) is 0.